The molecular formula is C44H64. The molecule has 0 bridgehead atoms. The highest BCUT2D eigenvalue weighted by Crippen LogP contribution is 2.41. The fourth-order valence-corrected chi connectivity index (χ4v) is 6.25. The summed E-state index contributed by atoms with van der Waals surface area (Å²) in [6, 6.07) is 14.0. The van der Waals surface area contributed by atoms with E-state index in [2.05, 4.69) is 129 Å². The molecular weight excluding hydrogens is 528 g/mol. The van der Waals surface area contributed by atoms with Crippen molar-refractivity contribution < 1.29 is 0 Å². The van der Waals surface area contributed by atoms with Crippen molar-refractivity contribution in [1.82, 2.24) is 0 Å². The van der Waals surface area contributed by atoms with E-state index in [-0.39, 0.29) is 0 Å². The molecule has 0 nitrogen and oxygen atoms in total. The summed E-state index contributed by atoms with van der Waals surface area (Å²) in [5, 5.41) is 0. The maximum atomic E-state index is 4.56. The maximum absolute atomic E-state index is 4.56. The van der Waals surface area contributed by atoms with E-state index in [0.29, 0.717) is 11.8 Å². The van der Waals surface area contributed by atoms with Crippen LogP contribution in [0.15, 0.2) is 107 Å². The van der Waals surface area contributed by atoms with Gasteiger partial charge in [0.2, 0.25) is 0 Å². The molecule has 0 saturated carbocycles. The van der Waals surface area contributed by atoms with Gasteiger partial charge in [-0.05, 0) is 130 Å². The summed E-state index contributed by atoms with van der Waals surface area (Å²) in [5.74, 6) is 0.932. The van der Waals surface area contributed by atoms with Crippen LogP contribution in [0.2, 0.25) is 0 Å². The van der Waals surface area contributed by atoms with Crippen LogP contribution in [0.5, 0.6) is 0 Å². The molecule has 1 aliphatic rings. The van der Waals surface area contributed by atoms with E-state index in [4.69, 9.17) is 0 Å². The summed E-state index contributed by atoms with van der Waals surface area (Å²) in [7, 11) is 0. The Balaban J connectivity index is 0.00000232. The van der Waals surface area contributed by atoms with Crippen molar-refractivity contribution in [2.75, 3.05) is 0 Å². The Kier molecular flexibility index (Phi) is 17.7. The molecule has 0 amide bonds. The Bertz CT molecular complexity index is 1310. The molecule has 0 N–H and O–H groups in total. The summed E-state index contributed by atoms with van der Waals surface area (Å²) < 4.78 is 0. The highest BCUT2D eigenvalue weighted by atomic mass is 14.3. The first-order chi connectivity index (χ1) is 21.0. The van der Waals surface area contributed by atoms with Crippen LogP contribution < -0.4 is 0 Å². The lowest BCUT2D eigenvalue weighted by molar-refractivity contribution is 0.472. The second kappa shape index (κ2) is 20.0. The molecule has 2 atom stereocenters. The van der Waals surface area contributed by atoms with Crippen molar-refractivity contribution >= 4 is 0 Å². The topological polar surface area (TPSA) is 0 Å². The largest absolute Gasteiger partial charge is 0.0955 e. The van der Waals surface area contributed by atoms with Gasteiger partial charge < -0.3 is 0 Å². The van der Waals surface area contributed by atoms with Crippen LogP contribution in [0, 0.1) is 32.6 Å². The highest BCUT2D eigenvalue weighted by molar-refractivity contribution is 5.58. The van der Waals surface area contributed by atoms with Crippen molar-refractivity contribution in [1.29, 1.82) is 0 Å². The maximum Gasteiger partial charge on any atom is 0.00151 e. The zero-order valence-corrected chi connectivity index (χ0v) is 30.6. The van der Waals surface area contributed by atoms with Gasteiger partial charge >= 0.3 is 0 Å². The SMILES string of the molecule is C=C(C)C1=C(CCc2ccc(Cc3cc(C)c(C)c(C)c3)cc2)CC(C)C(/C(C)=C/C=C\C)C=C1C(=C)CCC.CC.CC. The van der Waals surface area contributed by atoms with Crippen molar-refractivity contribution in [3.63, 3.8) is 0 Å². The lowest BCUT2D eigenvalue weighted by atomic mass is 9.83. The van der Waals surface area contributed by atoms with Gasteiger partial charge in [0.15, 0.2) is 0 Å². The fourth-order valence-electron chi connectivity index (χ4n) is 6.25. The standard InChI is InChI=1S/C40H52.2C2H6/c1-11-13-15-29(6)38-26-39(28(5)14-12-2)40(27(3)4)37(24-32(38)9)21-20-34-16-18-35(19-17-34)25-36-22-30(7)33(10)31(8)23-36;2*1-2/h11,13,15-19,22-23,26,32,38H,3,5,12,14,20-21,24-25H2,1-2,4,6-10H3;2*1-2H3/b13-11-,29-15+;;. The Morgan fingerprint density at radius 2 is 1.43 bits per heavy atom. The Morgan fingerprint density at radius 3 is 1.95 bits per heavy atom. The van der Waals surface area contributed by atoms with Crippen LogP contribution in [0.25, 0.3) is 0 Å². The number of rotatable bonds is 11. The highest BCUT2D eigenvalue weighted by Gasteiger charge is 2.27. The Morgan fingerprint density at radius 1 is 0.864 bits per heavy atom. The first-order valence-corrected chi connectivity index (χ1v) is 17.3. The molecule has 2 aromatic rings. The molecule has 0 aromatic heterocycles. The minimum atomic E-state index is 0.403. The molecule has 3 rings (SSSR count). The number of hydrogen-bond donors (Lipinski definition) is 0. The molecule has 0 heteroatoms. The lowest BCUT2D eigenvalue weighted by Crippen LogP contribution is -2.11. The van der Waals surface area contributed by atoms with Gasteiger partial charge in [-0.25, -0.2) is 0 Å². The van der Waals surface area contributed by atoms with E-state index in [1.54, 1.807) is 5.57 Å². The van der Waals surface area contributed by atoms with E-state index >= 15 is 0 Å². The normalized spacial score (nSPS) is 16.8. The summed E-state index contributed by atoms with van der Waals surface area (Å²) in [5.41, 5.74) is 16.4. The van der Waals surface area contributed by atoms with E-state index in [9.17, 15) is 0 Å². The fraction of sp³-hybridized carbons (Fsp3) is 0.455. The zero-order chi connectivity index (χ0) is 33.4. The van der Waals surface area contributed by atoms with Crippen molar-refractivity contribution in [3.8, 4) is 0 Å². The van der Waals surface area contributed by atoms with E-state index in [1.807, 2.05) is 27.7 Å². The quantitative estimate of drug-likeness (QED) is 0.228. The first-order valence-electron chi connectivity index (χ1n) is 17.3. The third kappa shape index (κ3) is 11.1. The van der Waals surface area contributed by atoms with Crippen LogP contribution in [-0.2, 0) is 12.8 Å². The third-order valence-electron chi connectivity index (χ3n) is 8.72. The van der Waals surface area contributed by atoms with Gasteiger partial charge in [0.1, 0.15) is 0 Å². The van der Waals surface area contributed by atoms with Crippen LogP contribution in [0.1, 0.15) is 121 Å². The molecule has 240 valence electrons. The van der Waals surface area contributed by atoms with Gasteiger partial charge in [0, 0.05) is 5.92 Å². The smallest absolute Gasteiger partial charge is 0.00151 e. The molecule has 0 heterocycles. The number of allylic oxidation sites excluding steroid dienone is 10. The van der Waals surface area contributed by atoms with Crippen molar-refractivity contribution in [3.05, 3.63) is 141 Å². The lowest BCUT2D eigenvalue weighted by Gasteiger charge is -2.22. The molecule has 2 aromatic carbocycles. The van der Waals surface area contributed by atoms with Gasteiger partial charge in [-0.1, -0.05) is 139 Å². The molecule has 0 fully saturated rings. The molecule has 0 aliphatic heterocycles. The van der Waals surface area contributed by atoms with Gasteiger partial charge in [-0.15, -0.1) is 0 Å². The van der Waals surface area contributed by atoms with E-state index in [0.717, 1.165) is 38.5 Å². The Labute approximate surface area is 273 Å². The predicted molar refractivity (Wildman–Crippen MR) is 201 cm³/mol. The van der Waals surface area contributed by atoms with Gasteiger partial charge in [-0.2, -0.15) is 0 Å². The second-order valence-electron chi connectivity index (χ2n) is 12.2. The molecule has 0 radical (unpaired) electrons. The monoisotopic (exact) mass is 593 g/mol. The first kappa shape index (κ1) is 38.9. The van der Waals surface area contributed by atoms with E-state index in [1.165, 1.54) is 61.2 Å². The van der Waals surface area contributed by atoms with Crippen LogP contribution in [0.3, 0.4) is 0 Å². The molecule has 0 saturated heterocycles. The summed E-state index contributed by atoms with van der Waals surface area (Å²) >= 11 is 0. The molecule has 2 unspecified atom stereocenters. The van der Waals surface area contributed by atoms with Crippen LogP contribution in [-0.4, -0.2) is 0 Å². The summed E-state index contributed by atoms with van der Waals surface area (Å²) in [6.45, 7) is 34.9. The molecule has 44 heavy (non-hydrogen) atoms. The average Bonchev–Trinajstić information content (AvgIpc) is 3.16. The van der Waals surface area contributed by atoms with Gasteiger partial charge in [0.05, 0.1) is 0 Å². The zero-order valence-electron chi connectivity index (χ0n) is 30.6. The minimum Gasteiger partial charge on any atom is -0.0955 e. The molecule has 0 spiro atoms. The van der Waals surface area contributed by atoms with Crippen LogP contribution in [0.4, 0.5) is 0 Å². The third-order valence-corrected chi connectivity index (χ3v) is 8.72. The van der Waals surface area contributed by atoms with Gasteiger partial charge in [0.25, 0.3) is 0 Å². The molecule has 1 aliphatic carbocycles. The number of benzene rings is 2. The summed E-state index contributed by atoms with van der Waals surface area (Å²) in [6.07, 6.45) is 15.4. The predicted octanol–water partition coefficient (Wildman–Crippen LogP) is 13.5. The minimum absolute atomic E-state index is 0.403. The van der Waals surface area contributed by atoms with Crippen molar-refractivity contribution in [2.24, 2.45) is 11.8 Å². The average molecular weight is 593 g/mol. The Hall–Kier alpha value is -3.12. The number of hydrogen-bond acceptors (Lipinski definition) is 0. The van der Waals surface area contributed by atoms with E-state index < -0.39 is 0 Å². The van der Waals surface area contributed by atoms with Crippen molar-refractivity contribution in [2.45, 2.75) is 122 Å². The number of aryl methyl sites for hydroxylation is 3. The van der Waals surface area contributed by atoms with Crippen LogP contribution >= 0.6 is 0 Å². The summed E-state index contributed by atoms with van der Waals surface area (Å²) in [4.78, 5) is 0. The van der Waals surface area contributed by atoms with Gasteiger partial charge in [-0.3, -0.25) is 0 Å². The second-order valence-corrected chi connectivity index (χ2v) is 12.2.